The van der Waals surface area contributed by atoms with Gasteiger partial charge in [-0.05, 0) is 48.9 Å². The van der Waals surface area contributed by atoms with Crippen molar-refractivity contribution in [2.45, 2.75) is 19.3 Å². The zero-order valence-electron chi connectivity index (χ0n) is 16.2. The van der Waals surface area contributed by atoms with E-state index in [9.17, 15) is 9.18 Å². The lowest BCUT2D eigenvalue weighted by molar-refractivity contribution is 0.0690. The second kappa shape index (κ2) is 8.86. The van der Waals surface area contributed by atoms with Gasteiger partial charge in [-0.1, -0.05) is 42.5 Å². The van der Waals surface area contributed by atoms with E-state index < -0.39 is 0 Å². The summed E-state index contributed by atoms with van der Waals surface area (Å²) < 4.78 is 13.9. The van der Waals surface area contributed by atoms with Crippen molar-refractivity contribution in [1.82, 2.24) is 9.88 Å². The van der Waals surface area contributed by atoms with Gasteiger partial charge in [0.2, 0.25) is 0 Å². The molecule has 2 heterocycles. The normalized spacial score (nSPS) is 14.6. The molecule has 0 bridgehead atoms. The molecule has 5 heteroatoms. The fraction of sp³-hybridized carbons (Fsp3) is 0.250. The molecule has 0 radical (unpaired) electrons. The number of benzene rings is 2. The third-order valence-corrected chi connectivity index (χ3v) is 5.41. The van der Waals surface area contributed by atoms with Crippen molar-refractivity contribution in [3.05, 3.63) is 90.0 Å². The first-order valence-electron chi connectivity index (χ1n) is 9.99. The molecular weight excluding hydrogens is 365 g/mol. The summed E-state index contributed by atoms with van der Waals surface area (Å²) in [6.45, 7) is 1.50. The maximum atomic E-state index is 13.9. The second-order valence-electron chi connectivity index (χ2n) is 7.49. The molecule has 0 unspecified atom stereocenters. The van der Waals surface area contributed by atoms with Crippen LogP contribution < -0.4 is 5.32 Å². The van der Waals surface area contributed by atoms with Gasteiger partial charge in [0.05, 0.1) is 23.1 Å². The van der Waals surface area contributed by atoms with Gasteiger partial charge in [0.15, 0.2) is 0 Å². The summed E-state index contributed by atoms with van der Waals surface area (Å²) in [7, 11) is 0. The molecule has 1 aromatic heterocycles. The Bertz CT molecular complexity index is 969. The lowest BCUT2D eigenvalue weighted by atomic mass is 9.90. The monoisotopic (exact) mass is 389 g/mol. The highest BCUT2D eigenvalue weighted by Crippen LogP contribution is 2.24. The number of hydrogen-bond acceptors (Lipinski definition) is 3. The molecule has 0 spiro atoms. The van der Waals surface area contributed by atoms with Gasteiger partial charge in [-0.25, -0.2) is 4.39 Å². The molecule has 148 valence electrons. The minimum atomic E-state index is -0.343. The van der Waals surface area contributed by atoms with Crippen LogP contribution in [0, 0.1) is 11.7 Å². The zero-order valence-corrected chi connectivity index (χ0v) is 16.2. The first kappa shape index (κ1) is 19.1. The number of carbonyl (C=O) groups excluding carboxylic acids is 1. The number of carbonyl (C=O) groups is 1. The standard InChI is InChI=1S/C24H24FN3O/c25-22-8-4-5-9-23(22)27-21-15-20(16-26-17-21)24(29)28-12-10-19(11-13-28)14-18-6-2-1-3-7-18/h1-9,15-17,19,27H,10-14H2. The van der Waals surface area contributed by atoms with Crippen molar-refractivity contribution >= 4 is 17.3 Å². The van der Waals surface area contributed by atoms with Crippen molar-refractivity contribution in [3.8, 4) is 0 Å². The molecule has 1 fully saturated rings. The van der Waals surface area contributed by atoms with Gasteiger partial charge in [-0.2, -0.15) is 0 Å². The van der Waals surface area contributed by atoms with E-state index in [1.807, 2.05) is 11.0 Å². The van der Waals surface area contributed by atoms with Crippen LogP contribution in [0.15, 0.2) is 73.1 Å². The van der Waals surface area contributed by atoms with Crippen LogP contribution in [0.5, 0.6) is 0 Å². The molecule has 4 nitrogen and oxygen atoms in total. The quantitative estimate of drug-likeness (QED) is 0.663. The van der Waals surface area contributed by atoms with Crippen LogP contribution in [0.1, 0.15) is 28.8 Å². The Morgan fingerprint density at radius 3 is 2.52 bits per heavy atom. The van der Waals surface area contributed by atoms with Crippen LogP contribution in [0.2, 0.25) is 0 Å². The van der Waals surface area contributed by atoms with Crippen molar-refractivity contribution in [2.24, 2.45) is 5.92 Å². The SMILES string of the molecule is O=C(c1cncc(Nc2ccccc2F)c1)N1CCC(Cc2ccccc2)CC1. The van der Waals surface area contributed by atoms with Crippen molar-refractivity contribution in [3.63, 3.8) is 0 Å². The number of aromatic nitrogens is 1. The summed E-state index contributed by atoms with van der Waals surface area (Å²) in [6.07, 6.45) is 6.23. The summed E-state index contributed by atoms with van der Waals surface area (Å²) in [5, 5.41) is 3.00. The molecule has 1 N–H and O–H groups in total. The minimum absolute atomic E-state index is 0.0205. The topological polar surface area (TPSA) is 45.2 Å². The van der Waals surface area contributed by atoms with E-state index in [1.54, 1.807) is 36.7 Å². The molecule has 1 saturated heterocycles. The average Bonchev–Trinajstić information content (AvgIpc) is 2.76. The average molecular weight is 389 g/mol. The van der Waals surface area contributed by atoms with Gasteiger partial charge >= 0.3 is 0 Å². The van der Waals surface area contributed by atoms with E-state index in [1.165, 1.54) is 11.6 Å². The van der Waals surface area contributed by atoms with Crippen molar-refractivity contribution < 1.29 is 9.18 Å². The molecule has 0 atom stereocenters. The predicted octanol–water partition coefficient (Wildman–Crippen LogP) is 5.06. The Labute approximate surface area is 170 Å². The molecule has 2 aromatic carbocycles. The van der Waals surface area contributed by atoms with Crippen LogP contribution in [0.3, 0.4) is 0 Å². The highest BCUT2D eigenvalue weighted by Gasteiger charge is 2.24. The molecule has 4 rings (SSSR count). The van der Waals surface area contributed by atoms with Gasteiger partial charge in [0.25, 0.3) is 5.91 Å². The molecule has 0 saturated carbocycles. The first-order chi connectivity index (χ1) is 14.2. The number of halogens is 1. The molecule has 1 aliphatic rings. The number of hydrogen-bond donors (Lipinski definition) is 1. The molecule has 1 aliphatic heterocycles. The zero-order chi connectivity index (χ0) is 20.1. The summed E-state index contributed by atoms with van der Waals surface area (Å²) in [6, 6.07) is 18.7. The maximum Gasteiger partial charge on any atom is 0.255 e. The van der Waals surface area contributed by atoms with Gasteiger partial charge < -0.3 is 10.2 Å². The number of nitrogens with zero attached hydrogens (tertiary/aromatic N) is 2. The van der Waals surface area contributed by atoms with Gasteiger partial charge in [0, 0.05) is 19.3 Å². The Morgan fingerprint density at radius 2 is 1.76 bits per heavy atom. The molecule has 29 heavy (non-hydrogen) atoms. The maximum absolute atomic E-state index is 13.9. The number of amides is 1. The van der Waals surface area contributed by atoms with Crippen molar-refractivity contribution in [1.29, 1.82) is 0 Å². The molecule has 3 aromatic rings. The summed E-state index contributed by atoms with van der Waals surface area (Å²) >= 11 is 0. The number of piperidine rings is 1. The smallest absolute Gasteiger partial charge is 0.255 e. The van der Waals surface area contributed by atoms with Crippen LogP contribution >= 0.6 is 0 Å². The van der Waals surface area contributed by atoms with E-state index in [2.05, 4.69) is 34.6 Å². The molecular formula is C24H24FN3O. The van der Waals surface area contributed by atoms with Crippen LogP contribution in [-0.2, 0) is 6.42 Å². The number of anilines is 2. The Balaban J connectivity index is 1.37. The summed E-state index contributed by atoms with van der Waals surface area (Å²) in [4.78, 5) is 19.0. The Morgan fingerprint density at radius 1 is 1.03 bits per heavy atom. The largest absolute Gasteiger partial charge is 0.352 e. The van der Waals surface area contributed by atoms with E-state index in [0.717, 1.165) is 32.4 Å². The Kier molecular flexibility index (Phi) is 5.84. The van der Waals surface area contributed by atoms with Gasteiger partial charge in [0.1, 0.15) is 5.82 Å². The molecule has 1 amide bonds. The summed E-state index contributed by atoms with van der Waals surface area (Å²) in [5.41, 5.74) is 2.83. The second-order valence-corrected chi connectivity index (χ2v) is 7.49. The van der Waals surface area contributed by atoms with Crippen LogP contribution in [-0.4, -0.2) is 28.9 Å². The lowest BCUT2D eigenvalue weighted by Gasteiger charge is -2.32. The number of likely N-dealkylation sites (tertiary alicyclic amines) is 1. The fourth-order valence-corrected chi connectivity index (χ4v) is 3.81. The number of rotatable bonds is 5. The highest BCUT2D eigenvalue weighted by atomic mass is 19.1. The highest BCUT2D eigenvalue weighted by molar-refractivity contribution is 5.95. The van der Waals surface area contributed by atoms with Crippen LogP contribution in [0.4, 0.5) is 15.8 Å². The first-order valence-corrected chi connectivity index (χ1v) is 9.99. The number of pyridine rings is 1. The van der Waals surface area contributed by atoms with Gasteiger partial charge in [-0.15, -0.1) is 0 Å². The van der Waals surface area contributed by atoms with E-state index in [4.69, 9.17) is 0 Å². The van der Waals surface area contributed by atoms with E-state index >= 15 is 0 Å². The Hall–Kier alpha value is -3.21. The number of para-hydroxylation sites is 1. The third-order valence-electron chi connectivity index (χ3n) is 5.41. The minimum Gasteiger partial charge on any atom is -0.352 e. The van der Waals surface area contributed by atoms with Gasteiger partial charge in [-0.3, -0.25) is 9.78 Å². The fourth-order valence-electron chi connectivity index (χ4n) is 3.81. The van der Waals surface area contributed by atoms with Crippen molar-refractivity contribution in [2.75, 3.05) is 18.4 Å². The lowest BCUT2D eigenvalue weighted by Crippen LogP contribution is -2.39. The van der Waals surface area contributed by atoms with Crippen LogP contribution in [0.25, 0.3) is 0 Å². The predicted molar refractivity (Wildman–Crippen MR) is 113 cm³/mol. The van der Waals surface area contributed by atoms with E-state index in [-0.39, 0.29) is 11.7 Å². The van der Waals surface area contributed by atoms with E-state index in [0.29, 0.717) is 22.9 Å². The summed E-state index contributed by atoms with van der Waals surface area (Å²) in [5.74, 6) is 0.242. The third kappa shape index (κ3) is 4.80. The number of nitrogens with one attached hydrogen (secondary N) is 1. The molecule has 0 aliphatic carbocycles.